The van der Waals surface area contributed by atoms with Gasteiger partial charge in [-0.3, -0.25) is 4.99 Å². The van der Waals surface area contributed by atoms with Crippen LogP contribution in [0.2, 0.25) is 5.02 Å². The van der Waals surface area contributed by atoms with Gasteiger partial charge in [-0.1, -0.05) is 18.5 Å². The van der Waals surface area contributed by atoms with Gasteiger partial charge in [-0.05, 0) is 30.7 Å². The second-order valence-corrected chi connectivity index (χ2v) is 3.81. The summed E-state index contributed by atoms with van der Waals surface area (Å²) in [6, 6.07) is 7.10. The number of hydrogen-bond donors (Lipinski definition) is 3. The summed E-state index contributed by atoms with van der Waals surface area (Å²) in [6.07, 6.45) is 0.917. The van der Waals surface area contributed by atoms with Crippen molar-refractivity contribution in [2.75, 3.05) is 11.9 Å². The number of halogens is 2. The standard InChI is InChI=1S/C11H16ClN5.ClH/c1-2-7-15-10(13)17-11(14)16-9-5-3-8(12)4-6-9;/h3-6H,2,7H2,1H3,(H5,13,14,15,16,17);1H. The average Bonchev–Trinajstić information content (AvgIpc) is 2.29. The van der Waals surface area contributed by atoms with Gasteiger partial charge >= 0.3 is 0 Å². The highest BCUT2D eigenvalue weighted by atomic mass is 35.5. The molecule has 1 aromatic rings. The van der Waals surface area contributed by atoms with Crippen LogP contribution in [0.15, 0.2) is 34.3 Å². The van der Waals surface area contributed by atoms with Crippen LogP contribution in [0.1, 0.15) is 13.3 Å². The molecule has 0 radical (unpaired) electrons. The summed E-state index contributed by atoms with van der Waals surface area (Å²) in [6.45, 7) is 2.65. The molecule has 0 heterocycles. The minimum atomic E-state index is 0. The second-order valence-electron chi connectivity index (χ2n) is 3.37. The lowest BCUT2D eigenvalue weighted by Gasteiger charge is -2.04. The van der Waals surface area contributed by atoms with Crippen molar-refractivity contribution in [1.29, 1.82) is 0 Å². The van der Waals surface area contributed by atoms with Gasteiger partial charge in [0.1, 0.15) is 0 Å². The number of aliphatic imine (C=N–C) groups is 2. The molecule has 0 aliphatic rings. The lowest BCUT2D eigenvalue weighted by Crippen LogP contribution is -2.26. The highest BCUT2D eigenvalue weighted by Gasteiger charge is 1.96. The molecule has 0 bridgehead atoms. The van der Waals surface area contributed by atoms with Crippen LogP contribution in [0.4, 0.5) is 5.69 Å². The molecule has 100 valence electrons. The Balaban J connectivity index is 0.00000289. The van der Waals surface area contributed by atoms with E-state index in [4.69, 9.17) is 23.1 Å². The number of guanidine groups is 2. The Morgan fingerprint density at radius 3 is 2.44 bits per heavy atom. The molecule has 5 N–H and O–H groups in total. The van der Waals surface area contributed by atoms with E-state index in [9.17, 15) is 0 Å². The minimum Gasteiger partial charge on any atom is -0.369 e. The fourth-order valence-corrected chi connectivity index (χ4v) is 1.22. The number of hydrogen-bond acceptors (Lipinski definition) is 1. The normalized spacial score (nSPS) is 11.9. The first-order chi connectivity index (χ1) is 8.11. The molecule has 1 aromatic carbocycles. The van der Waals surface area contributed by atoms with Crippen molar-refractivity contribution in [3.63, 3.8) is 0 Å². The summed E-state index contributed by atoms with van der Waals surface area (Å²) in [4.78, 5) is 7.91. The van der Waals surface area contributed by atoms with Gasteiger partial charge < -0.3 is 16.8 Å². The summed E-state index contributed by atoms with van der Waals surface area (Å²) in [7, 11) is 0. The molecule has 7 heteroatoms. The molecule has 0 saturated heterocycles. The van der Waals surface area contributed by atoms with E-state index in [0.29, 0.717) is 11.6 Å². The first-order valence-electron chi connectivity index (χ1n) is 5.28. The van der Waals surface area contributed by atoms with Gasteiger partial charge in [0, 0.05) is 17.3 Å². The molecule has 18 heavy (non-hydrogen) atoms. The van der Waals surface area contributed by atoms with Gasteiger partial charge in [-0.25, -0.2) is 0 Å². The zero-order valence-corrected chi connectivity index (χ0v) is 11.6. The third kappa shape index (κ3) is 6.32. The number of benzene rings is 1. The smallest absolute Gasteiger partial charge is 0.218 e. The van der Waals surface area contributed by atoms with Crippen molar-refractivity contribution in [2.45, 2.75) is 13.3 Å². The number of nitrogens with two attached hydrogens (primary N) is 2. The monoisotopic (exact) mass is 289 g/mol. The topological polar surface area (TPSA) is 88.8 Å². The summed E-state index contributed by atoms with van der Waals surface area (Å²) in [5.74, 6) is 0.371. The Labute approximate surface area is 118 Å². The summed E-state index contributed by atoms with van der Waals surface area (Å²) >= 11 is 5.76. The van der Waals surface area contributed by atoms with Gasteiger partial charge in [-0.15, -0.1) is 12.4 Å². The zero-order chi connectivity index (χ0) is 12.7. The molecule has 0 aliphatic heterocycles. The molecular weight excluding hydrogens is 273 g/mol. The van der Waals surface area contributed by atoms with Crippen molar-refractivity contribution >= 4 is 41.6 Å². The fraction of sp³-hybridized carbons (Fsp3) is 0.273. The Morgan fingerprint density at radius 2 is 1.89 bits per heavy atom. The van der Waals surface area contributed by atoms with Gasteiger partial charge in [0.15, 0.2) is 0 Å². The lowest BCUT2D eigenvalue weighted by molar-refractivity contribution is 0.927. The van der Waals surface area contributed by atoms with E-state index in [-0.39, 0.29) is 24.3 Å². The van der Waals surface area contributed by atoms with Gasteiger partial charge in [0.25, 0.3) is 0 Å². The van der Waals surface area contributed by atoms with Crippen molar-refractivity contribution < 1.29 is 0 Å². The van der Waals surface area contributed by atoms with E-state index in [1.807, 2.05) is 6.92 Å². The maximum absolute atomic E-state index is 5.76. The van der Waals surface area contributed by atoms with Crippen LogP contribution in [0.25, 0.3) is 0 Å². The number of nitrogens with zero attached hydrogens (tertiary/aromatic N) is 2. The first kappa shape index (κ1) is 16.5. The van der Waals surface area contributed by atoms with Crippen molar-refractivity contribution in [3.05, 3.63) is 29.3 Å². The number of nitrogens with one attached hydrogen (secondary N) is 1. The average molecular weight is 290 g/mol. The predicted molar refractivity (Wildman–Crippen MR) is 80.7 cm³/mol. The van der Waals surface area contributed by atoms with Crippen LogP contribution < -0.4 is 16.8 Å². The predicted octanol–water partition coefficient (Wildman–Crippen LogP) is 2.21. The van der Waals surface area contributed by atoms with E-state index in [1.165, 1.54) is 0 Å². The lowest BCUT2D eigenvalue weighted by atomic mass is 10.3. The van der Waals surface area contributed by atoms with Crippen LogP contribution in [-0.2, 0) is 0 Å². The quantitative estimate of drug-likeness (QED) is 0.589. The number of anilines is 1. The molecule has 0 aromatic heterocycles. The van der Waals surface area contributed by atoms with Crippen LogP contribution in [0.3, 0.4) is 0 Å². The van der Waals surface area contributed by atoms with Crippen molar-refractivity contribution in [3.8, 4) is 0 Å². The fourth-order valence-electron chi connectivity index (χ4n) is 1.09. The molecule has 0 spiro atoms. The Hall–Kier alpha value is -1.46. The molecule has 0 saturated carbocycles. The molecule has 0 atom stereocenters. The highest BCUT2D eigenvalue weighted by Crippen LogP contribution is 2.12. The molecule has 0 aliphatic carbocycles. The number of rotatable bonds is 3. The molecule has 0 amide bonds. The van der Waals surface area contributed by atoms with Crippen LogP contribution >= 0.6 is 24.0 Å². The van der Waals surface area contributed by atoms with Crippen molar-refractivity contribution in [1.82, 2.24) is 0 Å². The molecule has 0 fully saturated rings. The van der Waals surface area contributed by atoms with Crippen LogP contribution in [-0.4, -0.2) is 18.5 Å². The van der Waals surface area contributed by atoms with E-state index in [2.05, 4.69) is 15.3 Å². The third-order valence-electron chi connectivity index (χ3n) is 1.85. The van der Waals surface area contributed by atoms with Gasteiger partial charge in [0.05, 0.1) is 0 Å². The van der Waals surface area contributed by atoms with E-state index in [0.717, 1.165) is 12.1 Å². The van der Waals surface area contributed by atoms with Crippen LogP contribution in [0, 0.1) is 0 Å². The largest absolute Gasteiger partial charge is 0.369 e. The maximum Gasteiger partial charge on any atom is 0.218 e. The van der Waals surface area contributed by atoms with E-state index < -0.39 is 0 Å². The Morgan fingerprint density at radius 1 is 1.28 bits per heavy atom. The zero-order valence-electron chi connectivity index (χ0n) is 10.1. The molecule has 1 rings (SSSR count). The van der Waals surface area contributed by atoms with Gasteiger partial charge in [-0.2, -0.15) is 4.99 Å². The van der Waals surface area contributed by atoms with Gasteiger partial charge in [0.2, 0.25) is 11.9 Å². The van der Waals surface area contributed by atoms with E-state index in [1.54, 1.807) is 24.3 Å². The Kier molecular flexibility index (Phi) is 7.91. The Bertz CT molecular complexity index is 414. The first-order valence-corrected chi connectivity index (χ1v) is 5.66. The summed E-state index contributed by atoms with van der Waals surface area (Å²) < 4.78 is 0. The van der Waals surface area contributed by atoms with E-state index >= 15 is 0 Å². The minimum absolute atomic E-state index is 0. The maximum atomic E-state index is 5.76. The summed E-state index contributed by atoms with van der Waals surface area (Å²) in [5.41, 5.74) is 12.0. The third-order valence-corrected chi connectivity index (χ3v) is 2.10. The highest BCUT2D eigenvalue weighted by molar-refractivity contribution is 6.30. The molecule has 5 nitrogen and oxygen atoms in total. The van der Waals surface area contributed by atoms with Crippen LogP contribution in [0.5, 0.6) is 0 Å². The summed E-state index contributed by atoms with van der Waals surface area (Å²) in [5, 5.41) is 3.55. The molecule has 0 unspecified atom stereocenters. The second kappa shape index (κ2) is 8.60. The SMILES string of the molecule is CCCN=C(N)N=C(N)Nc1ccc(Cl)cc1.Cl. The molecular formula is C11H17Cl2N5. The van der Waals surface area contributed by atoms with Crippen molar-refractivity contribution in [2.24, 2.45) is 21.5 Å².